The molecule has 2 atom stereocenters. The summed E-state index contributed by atoms with van der Waals surface area (Å²) >= 11 is 0. The topological polar surface area (TPSA) is 109 Å². The third-order valence-electron chi connectivity index (χ3n) is 6.61. The number of azide groups is 1. The van der Waals surface area contributed by atoms with Crippen molar-refractivity contribution in [2.24, 2.45) is 16.4 Å². The molecule has 0 aliphatic heterocycles. The monoisotopic (exact) mass is 528 g/mol. The predicted molar refractivity (Wildman–Crippen MR) is 152 cm³/mol. The van der Waals surface area contributed by atoms with Crippen molar-refractivity contribution in [2.75, 3.05) is 19.8 Å². The van der Waals surface area contributed by atoms with E-state index in [1.54, 1.807) is 27.7 Å². The molecular formula is C28H44N4O4Si. The van der Waals surface area contributed by atoms with E-state index in [4.69, 9.17) is 15.0 Å². The van der Waals surface area contributed by atoms with Gasteiger partial charge in [0.05, 0.1) is 16.6 Å². The number of para-hydroxylation sites is 1. The molecule has 0 aliphatic rings. The van der Waals surface area contributed by atoms with E-state index in [0.717, 1.165) is 22.5 Å². The van der Waals surface area contributed by atoms with E-state index in [-0.39, 0.29) is 19.1 Å². The Labute approximate surface area is 222 Å². The minimum absolute atomic E-state index is 0.0522. The summed E-state index contributed by atoms with van der Waals surface area (Å²) in [5.41, 5.74) is 9.32. The zero-order valence-electron chi connectivity index (χ0n) is 23.7. The summed E-state index contributed by atoms with van der Waals surface area (Å²) in [6.45, 7) is 17.2. The van der Waals surface area contributed by atoms with Gasteiger partial charge in [-0.15, -0.1) is 0 Å². The van der Waals surface area contributed by atoms with Crippen LogP contribution >= 0.6 is 0 Å². The van der Waals surface area contributed by atoms with Crippen LogP contribution in [-0.4, -0.2) is 43.5 Å². The van der Waals surface area contributed by atoms with Crippen molar-refractivity contribution in [3.63, 3.8) is 0 Å². The molecule has 2 aromatic rings. The van der Waals surface area contributed by atoms with Gasteiger partial charge in [-0.25, -0.2) is 0 Å². The van der Waals surface area contributed by atoms with Crippen molar-refractivity contribution in [3.8, 4) is 0 Å². The van der Waals surface area contributed by atoms with E-state index >= 15 is 0 Å². The number of benzene rings is 1. The number of aromatic nitrogens is 1. The van der Waals surface area contributed by atoms with Gasteiger partial charge in [0.25, 0.3) is 0 Å². The van der Waals surface area contributed by atoms with Crippen LogP contribution in [0.2, 0.25) is 25.7 Å². The third-order valence-corrected chi connectivity index (χ3v) is 8.31. The molecule has 2 rings (SSSR count). The summed E-state index contributed by atoms with van der Waals surface area (Å²) in [5.74, 6) is -0.772. The number of esters is 1. The van der Waals surface area contributed by atoms with E-state index in [9.17, 15) is 9.90 Å². The first-order chi connectivity index (χ1) is 17.2. The summed E-state index contributed by atoms with van der Waals surface area (Å²) in [4.78, 5) is 15.4. The average molecular weight is 529 g/mol. The van der Waals surface area contributed by atoms with E-state index in [1.165, 1.54) is 0 Å². The second kappa shape index (κ2) is 12.8. The van der Waals surface area contributed by atoms with Crippen LogP contribution in [0.4, 0.5) is 0 Å². The zero-order valence-corrected chi connectivity index (χ0v) is 24.7. The molecule has 37 heavy (non-hydrogen) atoms. The quantitative estimate of drug-likeness (QED) is 0.0573. The van der Waals surface area contributed by atoms with Gasteiger partial charge in [-0.3, -0.25) is 4.79 Å². The second-order valence-electron chi connectivity index (χ2n) is 12.0. The SMILES string of the molecule is C/C=C(/COC(=O)C(C)(C)C)[C@H](CCN=[N+]=[N-])[C@@](C)(O)c1cc2ccccc2n1COCC[Si](C)(C)C. The van der Waals surface area contributed by atoms with E-state index < -0.39 is 25.0 Å². The number of rotatable bonds is 13. The zero-order chi connectivity index (χ0) is 27.9. The van der Waals surface area contributed by atoms with Gasteiger partial charge in [-0.2, -0.15) is 0 Å². The number of carbonyl (C=O) groups excluding carboxylic acids is 1. The summed E-state index contributed by atoms with van der Waals surface area (Å²) in [7, 11) is -1.24. The van der Waals surface area contributed by atoms with Crippen LogP contribution in [0, 0.1) is 11.3 Å². The lowest BCUT2D eigenvalue weighted by Crippen LogP contribution is -2.37. The fourth-order valence-corrected chi connectivity index (χ4v) is 5.05. The van der Waals surface area contributed by atoms with Gasteiger partial charge in [-0.05, 0) is 70.3 Å². The summed E-state index contributed by atoms with van der Waals surface area (Å²) < 4.78 is 13.8. The highest BCUT2D eigenvalue weighted by atomic mass is 28.3. The van der Waals surface area contributed by atoms with Crippen LogP contribution in [-0.2, 0) is 26.6 Å². The molecule has 9 heteroatoms. The number of ether oxygens (including phenoxy) is 2. The maximum Gasteiger partial charge on any atom is 0.311 e. The Balaban J connectivity index is 2.47. The maximum absolute atomic E-state index is 12.5. The molecule has 0 amide bonds. The van der Waals surface area contributed by atoms with Gasteiger partial charge in [0.15, 0.2) is 0 Å². The largest absolute Gasteiger partial charge is 0.461 e. The van der Waals surface area contributed by atoms with E-state index in [1.807, 2.05) is 47.9 Å². The Hall–Kier alpha value is -2.58. The van der Waals surface area contributed by atoms with Crippen LogP contribution < -0.4 is 0 Å². The summed E-state index contributed by atoms with van der Waals surface area (Å²) in [6.07, 6.45) is 2.27. The van der Waals surface area contributed by atoms with Gasteiger partial charge < -0.3 is 19.1 Å². The Morgan fingerprint density at radius 3 is 2.51 bits per heavy atom. The molecule has 1 aromatic carbocycles. The van der Waals surface area contributed by atoms with Gasteiger partial charge in [0.2, 0.25) is 0 Å². The fourth-order valence-electron chi connectivity index (χ4n) is 4.29. The summed E-state index contributed by atoms with van der Waals surface area (Å²) in [6, 6.07) is 11.0. The van der Waals surface area contributed by atoms with Crippen LogP contribution in [0.3, 0.4) is 0 Å². The van der Waals surface area contributed by atoms with Gasteiger partial charge in [-0.1, -0.05) is 49.0 Å². The van der Waals surface area contributed by atoms with E-state index in [2.05, 4.69) is 29.7 Å². The first-order valence-electron chi connectivity index (χ1n) is 12.9. The Kier molecular flexibility index (Phi) is 10.6. The Bertz CT molecular complexity index is 1140. The smallest absolute Gasteiger partial charge is 0.311 e. The van der Waals surface area contributed by atoms with Crippen molar-refractivity contribution in [1.82, 2.24) is 4.57 Å². The molecule has 204 valence electrons. The molecular weight excluding hydrogens is 484 g/mol. The first-order valence-corrected chi connectivity index (χ1v) is 16.6. The van der Waals surface area contributed by atoms with E-state index in [0.29, 0.717) is 25.5 Å². The van der Waals surface area contributed by atoms with Crippen LogP contribution in [0.1, 0.15) is 46.7 Å². The lowest BCUT2D eigenvalue weighted by atomic mass is 9.78. The van der Waals surface area contributed by atoms with Gasteiger partial charge in [0, 0.05) is 37.4 Å². The molecule has 0 fully saturated rings. The van der Waals surface area contributed by atoms with Crippen LogP contribution in [0.5, 0.6) is 0 Å². The molecule has 0 aliphatic carbocycles. The molecule has 0 bridgehead atoms. The molecule has 0 unspecified atom stereocenters. The summed E-state index contributed by atoms with van der Waals surface area (Å²) in [5, 5.41) is 16.9. The minimum Gasteiger partial charge on any atom is -0.461 e. The Morgan fingerprint density at radius 1 is 1.24 bits per heavy atom. The first kappa shape index (κ1) is 30.6. The number of allylic oxidation sites excluding steroid dienone is 1. The predicted octanol–water partition coefficient (Wildman–Crippen LogP) is 7.01. The minimum atomic E-state index is -1.36. The third kappa shape index (κ3) is 8.47. The number of aliphatic hydroxyl groups is 1. The second-order valence-corrected chi connectivity index (χ2v) is 17.6. The molecule has 1 aromatic heterocycles. The molecule has 1 heterocycles. The van der Waals surface area contributed by atoms with Gasteiger partial charge >= 0.3 is 5.97 Å². The maximum atomic E-state index is 12.5. The van der Waals surface area contributed by atoms with Crippen molar-refractivity contribution in [1.29, 1.82) is 0 Å². The number of nitrogens with zero attached hydrogens (tertiary/aromatic N) is 4. The molecule has 0 saturated heterocycles. The fraction of sp³-hybridized carbons (Fsp3) is 0.607. The molecule has 8 nitrogen and oxygen atoms in total. The van der Waals surface area contributed by atoms with Gasteiger partial charge in [0.1, 0.15) is 18.9 Å². The number of fused-ring (bicyclic) bond motifs is 1. The normalized spacial score (nSPS) is 15.2. The number of hydrogen-bond donors (Lipinski definition) is 1. The van der Waals surface area contributed by atoms with Crippen molar-refractivity contribution in [2.45, 2.75) is 79.1 Å². The molecule has 0 radical (unpaired) electrons. The molecule has 1 N–H and O–H groups in total. The highest BCUT2D eigenvalue weighted by Crippen LogP contribution is 2.39. The highest BCUT2D eigenvalue weighted by molar-refractivity contribution is 6.76. The molecule has 0 spiro atoms. The Morgan fingerprint density at radius 2 is 1.92 bits per heavy atom. The van der Waals surface area contributed by atoms with Crippen LogP contribution in [0.25, 0.3) is 21.3 Å². The number of hydrogen-bond acceptors (Lipinski definition) is 5. The highest BCUT2D eigenvalue weighted by Gasteiger charge is 2.39. The van der Waals surface area contributed by atoms with Crippen LogP contribution in [0.15, 0.2) is 47.1 Å². The van der Waals surface area contributed by atoms with Crippen molar-refractivity contribution in [3.05, 3.63) is 58.1 Å². The number of carbonyl (C=O) groups is 1. The molecule has 0 saturated carbocycles. The van der Waals surface area contributed by atoms with Crippen molar-refractivity contribution >= 4 is 24.9 Å². The standard InChI is InChI=1S/C28H44N4O4Si/c1-9-21(19-36-26(33)27(2,3)4)23(14-15-30-31-29)28(5,34)25-18-22-12-10-11-13-24(22)32(25)20-35-16-17-37(6,7)8/h9-13,18,23,34H,14-17,19-20H2,1-8H3/b21-9-/t23-,28+/m0/s1. The van der Waals surface area contributed by atoms with Crippen molar-refractivity contribution < 1.29 is 19.4 Å². The lowest BCUT2D eigenvalue weighted by molar-refractivity contribution is -0.152. The lowest BCUT2D eigenvalue weighted by Gasteiger charge is -2.36. The average Bonchev–Trinajstić information content (AvgIpc) is 3.19.